The SMILES string of the molecule is O=[N+]([O-])c1ccc2c(c1)-c1nc(Cc3c[nH]cn3)sc1CC2. The zero-order valence-corrected chi connectivity index (χ0v) is 12.4. The fourth-order valence-corrected chi connectivity index (χ4v) is 3.86. The highest BCUT2D eigenvalue weighted by atomic mass is 32.1. The standard InChI is InChI=1S/C15H12N4O2S/c20-19(21)11-3-1-9-2-4-13-15(12(9)6-11)18-14(22-13)5-10-7-16-8-17-10/h1,3,6-8H,2,4-5H2,(H,16,17). The predicted molar refractivity (Wildman–Crippen MR) is 83.0 cm³/mol. The second-order valence-electron chi connectivity index (χ2n) is 5.22. The third-order valence-corrected chi connectivity index (χ3v) is 4.92. The number of nitro groups is 1. The van der Waals surface area contributed by atoms with Crippen molar-refractivity contribution < 1.29 is 4.92 Å². The van der Waals surface area contributed by atoms with Crippen molar-refractivity contribution in [1.29, 1.82) is 0 Å². The number of rotatable bonds is 3. The topological polar surface area (TPSA) is 84.7 Å². The Morgan fingerprint density at radius 1 is 1.36 bits per heavy atom. The Bertz CT molecular complexity index is 855. The van der Waals surface area contributed by atoms with Crippen LogP contribution in [0.5, 0.6) is 0 Å². The summed E-state index contributed by atoms with van der Waals surface area (Å²) in [5.74, 6) is 0. The molecule has 1 aromatic carbocycles. The number of nitrogens with zero attached hydrogens (tertiary/aromatic N) is 3. The molecule has 0 spiro atoms. The van der Waals surface area contributed by atoms with Crippen LogP contribution in [0.4, 0.5) is 5.69 Å². The van der Waals surface area contributed by atoms with Crippen LogP contribution < -0.4 is 0 Å². The van der Waals surface area contributed by atoms with Crippen molar-refractivity contribution in [3.05, 3.63) is 62.0 Å². The molecule has 0 radical (unpaired) electrons. The van der Waals surface area contributed by atoms with Gasteiger partial charge in [0.15, 0.2) is 0 Å². The van der Waals surface area contributed by atoms with E-state index >= 15 is 0 Å². The smallest absolute Gasteiger partial charge is 0.270 e. The molecule has 4 rings (SSSR count). The lowest BCUT2D eigenvalue weighted by Crippen LogP contribution is -2.02. The van der Waals surface area contributed by atoms with Gasteiger partial charge < -0.3 is 4.98 Å². The van der Waals surface area contributed by atoms with Gasteiger partial charge in [0.05, 0.1) is 27.6 Å². The third-order valence-electron chi connectivity index (χ3n) is 3.81. The Balaban J connectivity index is 1.75. The second kappa shape index (κ2) is 5.03. The molecule has 110 valence electrons. The van der Waals surface area contributed by atoms with Crippen LogP contribution in [0.25, 0.3) is 11.3 Å². The van der Waals surface area contributed by atoms with Crippen molar-refractivity contribution >= 4 is 17.0 Å². The average Bonchev–Trinajstić information content (AvgIpc) is 3.15. The van der Waals surface area contributed by atoms with E-state index in [0.717, 1.165) is 40.4 Å². The molecule has 1 aliphatic carbocycles. The summed E-state index contributed by atoms with van der Waals surface area (Å²) in [6, 6.07) is 5.06. The molecule has 1 aliphatic rings. The lowest BCUT2D eigenvalue weighted by atomic mass is 9.93. The summed E-state index contributed by atoms with van der Waals surface area (Å²) in [6.07, 6.45) is 6.05. The first-order valence-electron chi connectivity index (χ1n) is 6.94. The Kier molecular flexibility index (Phi) is 3.00. The van der Waals surface area contributed by atoms with E-state index in [-0.39, 0.29) is 10.6 Å². The van der Waals surface area contributed by atoms with Gasteiger partial charge in [-0.1, -0.05) is 6.07 Å². The molecule has 0 aliphatic heterocycles. The van der Waals surface area contributed by atoms with Gasteiger partial charge in [-0.2, -0.15) is 0 Å². The molecule has 7 heteroatoms. The molecule has 6 nitrogen and oxygen atoms in total. The van der Waals surface area contributed by atoms with E-state index in [2.05, 4.69) is 9.97 Å². The number of thiazole rings is 1. The largest absolute Gasteiger partial charge is 0.351 e. The monoisotopic (exact) mass is 312 g/mol. The number of fused-ring (bicyclic) bond motifs is 3. The Morgan fingerprint density at radius 3 is 3.05 bits per heavy atom. The number of nitrogens with one attached hydrogen (secondary N) is 1. The molecule has 22 heavy (non-hydrogen) atoms. The number of H-pyrrole nitrogens is 1. The van der Waals surface area contributed by atoms with Crippen LogP contribution in [-0.4, -0.2) is 19.9 Å². The lowest BCUT2D eigenvalue weighted by Gasteiger charge is -2.14. The lowest BCUT2D eigenvalue weighted by molar-refractivity contribution is -0.384. The number of imidazole rings is 1. The van der Waals surface area contributed by atoms with Crippen LogP contribution in [0.15, 0.2) is 30.7 Å². The van der Waals surface area contributed by atoms with E-state index in [1.165, 1.54) is 4.88 Å². The molecule has 0 saturated carbocycles. The van der Waals surface area contributed by atoms with E-state index in [9.17, 15) is 10.1 Å². The minimum absolute atomic E-state index is 0.119. The van der Waals surface area contributed by atoms with Gasteiger partial charge in [-0.3, -0.25) is 10.1 Å². The number of nitro benzene ring substituents is 1. The molecule has 3 aromatic rings. The maximum atomic E-state index is 11.0. The fraction of sp³-hybridized carbons (Fsp3) is 0.200. The van der Waals surface area contributed by atoms with Crippen LogP contribution >= 0.6 is 11.3 Å². The number of hydrogen-bond acceptors (Lipinski definition) is 5. The molecular weight excluding hydrogens is 300 g/mol. The van der Waals surface area contributed by atoms with Gasteiger partial charge in [0.2, 0.25) is 0 Å². The number of hydrogen-bond donors (Lipinski definition) is 1. The van der Waals surface area contributed by atoms with Gasteiger partial charge >= 0.3 is 0 Å². The maximum Gasteiger partial charge on any atom is 0.270 e. The van der Waals surface area contributed by atoms with Crippen LogP contribution in [-0.2, 0) is 19.3 Å². The van der Waals surface area contributed by atoms with Gasteiger partial charge in [0.1, 0.15) is 0 Å². The minimum atomic E-state index is -0.356. The Labute approximate surface area is 130 Å². The highest BCUT2D eigenvalue weighted by molar-refractivity contribution is 7.12. The number of aromatic amines is 1. The molecule has 2 heterocycles. The van der Waals surface area contributed by atoms with E-state index in [1.54, 1.807) is 29.8 Å². The van der Waals surface area contributed by atoms with Crippen molar-refractivity contribution in [2.45, 2.75) is 19.3 Å². The minimum Gasteiger partial charge on any atom is -0.351 e. The van der Waals surface area contributed by atoms with Crippen LogP contribution in [0, 0.1) is 10.1 Å². The number of benzene rings is 1. The van der Waals surface area contributed by atoms with Gasteiger partial charge in [-0.15, -0.1) is 11.3 Å². The summed E-state index contributed by atoms with van der Waals surface area (Å²) in [5.41, 5.74) is 4.01. The summed E-state index contributed by atoms with van der Waals surface area (Å²) >= 11 is 1.68. The van der Waals surface area contributed by atoms with E-state index in [4.69, 9.17) is 4.98 Å². The highest BCUT2D eigenvalue weighted by Crippen LogP contribution is 2.38. The second-order valence-corrected chi connectivity index (χ2v) is 6.38. The quantitative estimate of drug-likeness (QED) is 0.595. The van der Waals surface area contributed by atoms with Crippen LogP contribution in [0.3, 0.4) is 0 Å². The van der Waals surface area contributed by atoms with Crippen molar-refractivity contribution in [2.24, 2.45) is 0 Å². The first-order valence-corrected chi connectivity index (χ1v) is 7.76. The molecule has 0 fully saturated rings. The summed E-state index contributed by atoms with van der Waals surface area (Å²) in [7, 11) is 0. The molecule has 0 bridgehead atoms. The summed E-state index contributed by atoms with van der Waals surface area (Å²) in [4.78, 5) is 23.7. The van der Waals surface area contributed by atoms with Crippen molar-refractivity contribution in [2.75, 3.05) is 0 Å². The highest BCUT2D eigenvalue weighted by Gasteiger charge is 2.23. The van der Waals surface area contributed by atoms with E-state index in [1.807, 2.05) is 12.3 Å². The molecule has 0 saturated heterocycles. The zero-order valence-electron chi connectivity index (χ0n) is 11.6. The summed E-state index contributed by atoms with van der Waals surface area (Å²) in [6.45, 7) is 0. The molecule has 2 aromatic heterocycles. The van der Waals surface area contributed by atoms with E-state index < -0.39 is 0 Å². The van der Waals surface area contributed by atoms with Crippen molar-refractivity contribution in [3.8, 4) is 11.3 Å². The van der Waals surface area contributed by atoms with Gasteiger partial charge in [-0.25, -0.2) is 9.97 Å². The first-order chi connectivity index (χ1) is 10.7. The van der Waals surface area contributed by atoms with Crippen LogP contribution in [0.1, 0.15) is 21.1 Å². The molecule has 1 N–H and O–H groups in total. The van der Waals surface area contributed by atoms with Gasteiger partial charge in [0, 0.05) is 35.2 Å². The van der Waals surface area contributed by atoms with Crippen molar-refractivity contribution in [1.82, 2.24) is 15.0 Å². The summed E-state index contributed by atoms with van der Waals surface area (Å²) in [5, 5.41) is 12.0. The fourth-order valence-electron chi connectivity index (χ4n) is 2.76. The predicted octanol–water partition coefficient (Wildman–Crippen LogP) is 3.13. The number of non-ortho nitro benzene ring substituents is 1. The molecule has 0 atom stereocenters. The molecule has 0 amide bonds. The average molecular weight is 312 g/mol. The summed E-state index contributed by atoms with van der Waals surface area (Å²) < 4.78 is 0. The van der Waals surface area contributed by atoms with Crippen molar-refractivity contribution in [3.63, 3.8) is 0 Å². The van der Waals surface area contributed by atoms with Crippen LogP contribution in [0.2, 0.25) is 0 Å². The molecular formula is C15H12N4O2S. The number of aromatic nitrogens is 3. The Morgan fingerprint density at radius 2 is 2.27 bits per heavy atom. The van der Waals surface area contributed by atoms with Gasteiger partial charge in [0.25, 0.3) is 5.69 Å². The van der Waals surface area contributed by atoms with E-state index in [0.29, 0.717) is 6.42 Å². The number of aryl methyl sites for hydroxylation is 2. The maximum absolute atomic E-state index is 11.0. The normalized spacial score (nSPS) is 12.7. The van der Waals surface area contributed by atoms with Gasteiger partial charge in [-0.05, 0) is 18.4 Å². The Hall–Kier alpha value is -2.54. The third kappa shape index (κ3) is 2.19. The first kappa shape index (κ1) is 13.1. The zero-order chi connectivity index (χ0) is 15.1. The molecule has 0 unspecified atom stereocenters.